The highest BCUT2D eigenvalue weighted by atomic mass is 16.7. The quantitative estimate of drug-likeness (QED) is 0.844. The number of hydrogen-bond donors (Lipinski definition) is 0. The lowest BCUT2D eigenvalue weighted by Crippen LogP contribution is -2.23. The van der Waals surface area contributed by atoms with Crippen LogP contribution >= 0.6 is 0 Å². The summed E-state index contributed by atoms with van der Waals surface area (Å²) in [5, 5.41) is 8.50. The zero-order chi connectivity index (χ0) is 16.4. The monoisotopic (exact) mass is 327 g/mol. The lowest BCUT2D eigenvalue weighted by atomic mass is 10.0. The van der Waals surface area contributed by atoms with Crippen molar-refractivity contribution in [2.75, 3.05) is 13.2 Å². The Kier molecular flexibility index (Phi) is 4.72. The van der Waals surface area contributed by atoms with Crippen LogP contribution in [0.4, 0.5) is 0 Å². The van der Waals surface area contributed by atoms with E-state index in [1.165, 1.54) is 24.0 Å². The molecule has 0 N–H and O–H groups in total. The molecule has 128 valence electrons. The Hall–Kier alpha value is -1.59. The maximum Gasteiger partial charge on any atom is 0.157 e. The molecule has 5 heteroatoms. The maximum absolute atomic E-state index is 5.89. The maximum atomic E-state index is 5.89. The molecule has 1 aliphatic heterocycles. The van der Waals surface area contributed by atoms with Gasteiger partial charge in [0.05, 0.1) is 12.1 Å². The molecule has 1 saturated heterocycles. The Morgan fingerprint density at radius 3 is 2.71 bits per heavy atom. The lowest BCUT2D eigenvalue weighted by Gasteiger charge is -2.23. The van der Waals surface area contributed by atoms with Crippen LogP contribution in [0.5, 0.6) is 0 Å². The van der Waals surface area contributed by atoms with E-state index >= 15 is 0 Å². The third kappa shape index (κ3) is 3.42. The van der Waals surface area contributed by atoms with Crippen molar-refractivity contribution in [2.24, 2.45) is 5.92 Å². The van der Waals surface area contributed by atoms with Crippen molar-refractivity contribution in [3.8, 4) is 0 Å². The number of rotatable bonds is 5. The van der Waals surface area contributed by atoms with E-state index in [-0.39, 0.29) is 6.29 Å². The minimum atomic E-state index is 0.0251. The molecule has 1 aromatic heterocycles. The Morgan fingerprint density at radius 1 is 1.12 bits per heavy atom. The van der Waals surface area contributed by atoms with Crippen molar-refractivity contribution in [3.63, 3.8) is 0 Å². The standard InChI is InChI=1S/C19H25N3O2/c1-2-18-20-16-11-14-9-13(10-15(14)12-17(16)21-22-18)6-8-24-19-5-3-4-7-23-19/h11-13,19H,2-10H2,1H3. The van der Waals surface area contributed by atoms with Gasteiger partial charge in [0, 0.05) is 13.0 Å². The summed E-state index contributed by atoms with van der Waals surface area (Å²) in [5.41, 5.74) is 4.72. The second-order valence-corrected chi connectivity index (χ2v) is 6.92. The molecule has 0 radical (unpaired) electrons. The molecule has 2 atom stereocenters. The van der Waals surface area contributed by atoms with Gasteiger partial charge >= 0.3 is 0 Å². The number of fused-ring (bicyclic) bond motifs is 2. The van der Waals surface area contributed by atoms with E-state index in [9.17, 15) is 0 Å². The average Bonchev–Trinajstić information content (AvgIpc) is 3.01. The Morgan fingerprint density at radius 2 is 1.96 bits per heavy atom. The van der Waals surface area contributed by atoms with E-state index in [0.29, 0.717) is 5.92 Å². The van der Waals surface area contributed by atoms with Gasteiger partial charge in [-0.25, -0.2) is 4.98 Å². The first-order valence-corrected chi connectivity index (χ1v) is 9.20. The van der Waals surface area contributed by atoms with E-state index in [1.54, 1.807) is 0 Å². The molecule has 0 saturated carbocycles. The smallest absolute Gasteiger partial charge is 0.157 e. The Balaban J connectivity index is 1.37. The molecule has 1 fully saturated rings. The topological polar surface area (TPSA) is 57.1 Å². The normalized spacial score (nSPS) is 23.5. The van der Waals surface area contributed by atoms with Gasteiger partial charge in [0.25, 0.3) is 0 Å². The van der Waals surface area contributed by atoms with Crippen molar-refractivity contribution in [3.05, 3.63) is 29.1 Å². The van der Waals surface area contributed by atoms with E-state index in [4.69, 9.17) is 9.47 Å². The van der Waals surface area contributed by atoms with Crippen LogP contribution in [0.25, 0.3) is 11.0 Å². The summed E-state index contributed by atoms with van der Waals surface area (Å²) in [7, 11) is 0. The summed E-state index contributed by atoms with van der Waals surface area (Å²) in [6, 6.07) is 4.39. The first-order valence-electron chi connectivity index (χ1n) is 9.20. The lowest BCUT2D eigenvalue weighted by molar-refractivity contribution is -0.164. The molecule has 0 spiro atoms. The number of benzene rings is 1. The third-order valence-electron chi connectivity index (χ3n) is 5.12. The third-order valence-corrected chi connectivity index (χ3v) is 5.12. The van der Waals surface area contributed by atoms with E-state index in [1.807, 2.05) is 0 Å². The molecule has 1 aromatic carbocycles. The highest BCUT2D eigenvalue weighted by Gasteiger charge is 2.23. The first-order chi connectivity index (χ1) is 11.8. The molecule has 24 heavy (non-hydrogen) atoms. The molecule has 5 nitrogen and oxygen atoms in total. The number of aryl methyl sites for hydroxylation is 1. The molecule has 0 bridgehead atoms. The van der Waals surface area contributed by atoms with Gasteiger partial charge in [-0.1, -0.05) is 6.92 Å². The fraction of sp³-hybridized carbons (Fsp3) is 0.632. The molecule has 2 unspecified atom stereocenters. The minimum absolute atomic E-state index is 0.0251. The highest BCUT2D eigenvalue weighted by molar-refractivity contribution is 5.76. The van der Waals surface area contributed by atoms with Crippen LogP contribution in [0.2, 0.25) is 0 Å². The summed E-state index contributed by atoms with van der Waals surface area (Å²) in [6.45, 7) is 3.70. The van der Waals surface area contributed by atoms with Crippen molar-refractivity contribution < 1.29 is 9.47 Å². The van der Waals surface area contributed by atoms with Gasteiger partial charge in [0.1, 0.15) is 5.52 Å². The zero-order valence-electron chi connectivity index (χ0n) is 14.3. The largest absolute Gasteiger partial charge is 0.353 e. The number of hydrogen-bond acceptors (Lipinski definition) is 5. The van der Waals surface area contributed by atoms with Crippen molar-refractivity contribution in [1.82, 2.24) is 15.2 Å². The Bertz CT molecular complexity index is 713. The van der Waals surface area contributed by atoms with Crippen molar-refractivity contribution >= 4 is 11.0 Å². The van der Waals surface area contributed by atoms with E-state index in [0.717, 1.165) is 62.2 Å². The number of nitrogens with zero attached hydrogens (tertiary/aromatic N) is 3. The average molecular weight is 327 g/mol. The summed E-state index contributed by atoms with van der Waals surface area (Å²) in [6.07, 6.45) is 7.59. The molecular formula is C19H25N3O2. The second kappa shape index (κ2) is 7.11. The molecule has 2 heterocycles. The van der Waals surface area contributed by atoms with Crippen molar-refractivity contribution in [2.45, 2.75) is 58.2 Å². The molecule has 4 rings (SSSR count). The van der Waals surface area contributed by atoms with Gasteiger partial charge in [-0.05, 0) is 67.7 Å². The summed E-state index contributed by atoms with van der Waals surface area (Å²) >= 11 is 0. The van der Waals surface area contributed by atoms with Gasteiger partial charge < -0.3 is 9.47 Å². The molecule has 0 amide bonds. The van der Waals surface area contributed by atoms with Crippen LogP contribution in [0.1, 0.15) is 49.6 Å². The van der Waals surface area contributed by atoms with Gasteiger partial charge in [0.2, 0.25) is 0 Å². The highest BCUT2D eigenvalue weighted by Crippen LogP contribution is 2.31. The van der Waals surface area contributed by atoms with Crippen LogP contribution in [0.15, 0.2) is 12.1 Å². The van der Waals surface area contributed by atoms with Crippen LogP contribution in [-0.2, 0) is 28.7 Å². The van der Waals surface area contributed by atoms with Gasteiger partial charge in [0.15, 0.2) is 12.1 Å². The van der Waals surface area contributed by atoms with E-state index in [2.05, 4.69) is 34.2 Å². The molecular weight excluding hydrogens is 302 g/mol. The molecule has 2 aliphatic rings. The predicted octanol–water partition coefficient (Wildman–Crippen LogP) is 3.24. The first kappa shape index (κ1) is 15.9. The second-order valence-electron chi connectivity index (χ2n) is 6.92. The minimum Gasteiger partial charge on any atom is -0.353 e. The van der Waals surface area contributed by atoms with Crippen molar-refractivity contribution in [1.29, 1.82) is 0 Å². The molecule has 1 aliphatic carbocycles. The fourth-order valence-electron chi connectivity index (χ4n) is 3.74. The molecule has 2 aromatic rings. The van der Waals surface area contributed by atoms with Crippen LogP contribution in [0, 0.1) is 5.92 Å². The number of aromatic nitrogens is 3. The van der Waals surface area contributed by atoms with Gasteiger partial charge in [-0.15, -0.1) is 10.2 Å². The zero-order valence-corrected chi connectivity index (χ0v) is 14.3. The fourth-order valence-corrected chi connectivity index (χ4v) is 3.74. The van der Waals surface area contributed by atoms with E-state index < -0.39 is 0 Å². The van der Waals surface area contributed by atoms with Gasteiger partial charge in [-0.3, -0.25) is 0 Å². The predicted molar refractivity (Wildman–Crippen MR) is 91.8 cm³/mol. The van der Waals surface area contributed by atoms with Crippen LogP contribution in [-0.4, -0.2) is 34.7 Å². The SMILES string of the molecule is CCc1nnc2cc3c(cc2n1)CC(CCOC1CCCCO1)C3. The summed E-state index contributed by atoms with van der Waals surface area (Å²) < 4.78 is 11.5. The van der Waals surface area contributed by atoms with Gasteiger partial charge in [-0.2, -0.15) is 0 Å². The van der Waals surface area contributed by atoms with Crippen LogP contribution < -0.4 is 0 Å². The summed E-state index contributed by atoms with van der Waals surface area (Å²) in [5.74, 6) is 1.47. The summed E-state index contributed by atoms with van der Waals surface area (Å²) in [4.78, 5) is 4.60. The number of ether oxygens (including phenoxy) is 2. The Labute approximate surface area is 142 Å². The van der Waals surface area contributed by atoms with Crippen LogP contribution in [0.3, 0.4) is 0 Å².